The van der Waals surface area contributed by atoms with E-state index in [1.54, 1.807) is 6.20 Å². The predicted octanol–water partition coefficient (Wildman–Crippen LogP) is 6.51. The number of rotatable bonds is 14. The van der Waals surface area contributed by atoms with Gasteiger partial charge in [0, 0.05) is 79.2 Å². The fourth-order valence-corrected chi connectivity index (χ4v) is 12.0. The number of morpholine rings is 2. The van der Waals surface area contributed by atoms with E-state index in [1.165, 1.54) is 18.5 Å². The maximum absolute atomic E-state index is 13.2. The number of ether oxygens (including phenoxy) is 5. The molecule has 6 aliphatic carbocycles. The quantitative estimate of drug-likeness (QED) is 0.102. The van der Waals surface area contributed by atoms with Crippen LogP contribution in [0.4, 0.5) is 38.0 Å². The molecular weight excluding hydrogens is 903 g/mol. The van der Waals surface area contributed by atoms with E-state index in [2.05, 4.69) is 50.9 Å². The van der Waals surface area contributed by atoms with Gasteiger partial charge in [-0.25, -0.2) is 19.9 Å². The molecule has 5 aromatic rings. The summed E-state index contributed by atoms with van der Waals surface area (Å²) in [5.74, 6) is -0.591. The number of anilines is 2. The summed E-state index contributed by atoms with van der Waals surface area (Å²) < 4.78 is 109. The van der Waals surface area contributed by atoms with E-state index in [0.29, 0.717) is 60.9 Å². The lowest BCUT2D eigenvalue weighted by atomic mass is 9.43. The predicted molar refractivity (Wildman–Crippen MR) is 230 cm³/mol. The number of nitrogen functional groups attached to an aromatic ring is 2. The summed E-state index contributed by atoms with van der Waals surface area (Å²) in [4.78, 5) is 22.4. The second-order valence-corrected chi connectivity index (χ2v) is 19.1. The van der Waals surface area contributed by atoms with Crippen LogP contribution in [0.3, 0.4) is 0 Å². The van der Waals surface area contributed by atoms with Crippen molar-refractivity contribution in [1.82, 2.24) is 38.9 Å². The summed E-state index contributed by atoms with van der Waals surface area (Å²) in [7, 11) is 0. The number of aliphatic hydroxyl groups excluding tert-OH is 1. The van der Waals surface area contributed by atoms with E-state index >= 15 is 0 Å². The number of nitrogens with zero attached hydrogens (tertiary/aromatic N) is 8. The first-order valence-corrected chi connectivity index (χ1v) is 22.7. The molecule has 0 radical (unpaired) electrons. The standard InChI is InChI=1S/C46H50F6N10O6/c47-45(48,49)67-35-11-29(16-55-40(35)53)32-18-61(38(21-63)57-32)34-15-42(13-31(34)14-42)60-6-9-66-37(20-60)28-3-1-2-27(10-28)22-65-23-39-58-33(30-12-36(41(54)56-17-30)68-46(50,51)52)19-62(39)44-24-43(25-44,26-44)59-4-7-64-8-5-59/h1-3,10-12,16-19,31,34,37,63H,4-9,13-15,20-26H2,(H2,53,55)(H2,54,56)/t31?,34-,37?,42?,43?,44?/m0/s1. The number of aliphatic hydroxyl groups is 1. The highest BCUT2D eigenvalue weighted by atomic mass is 19.4. The summed E-state index contributed by atoms with van der Waals surface area (Å²) in [6.07, 6.45) is 1.79. The highest BCUT2D eigenvalue weighted by Gasteiger charge is 2.71. The molecule has 1 unspecified atom stereocenters. The van der Waals surface area contributed by atoms with Crippen molar-refractivity contribution in [3.8, 4) is 34.0 Å². The maximum atomic E-state index is 13.2. The minimum absolute atomic E-state index is 0.0315. The monoisotopic (exact) mass is 952 g/mol. The first-order valence-electron chi connectivity index (χ1n) is 22.7. The van der Waals surface area contributed by atoms with E-state index in [1.807, 2.05) is 22.9 Å². The van der Waals surface area contributed by atoms with E-state index in [0.717, 1.165) is 75.4 Å². The molecule has 1 aromatic carbocycles. The lowest BCUT2D eigenvalue weighted by molar-refractivity contribution is -0.275. The van der Waals surface area contributed by atoms with Crippen molar-refractivity contribution in [3.05, 3.63) is 84.0 Å². The number of halogens is 6. The number of hydrogen-bond donors (Lipinski definition) is 3. The summed E-state index contributed by atoms with van der Waals surface area (Å²) in [6.45, 7) is 5.24. The van der Waals surface area contributed by atoms with Gasteiger partial charge < -0.3 is 49.4 Å². The van der Waals surface area contributed by atoms with Gasteiger partial charge >= 0.3 is 12.7 Å². The molecule has 0 spiro atoms. The molecule has 16 nitrogen and oxygen atoms in total. The third-order valence-corrected chi connectivity index (χ3v) is 15.0. The lowest BCUT2D eigenvalue weighted by Gasteiger charge is -2.74. The highest BCUT2D eigenvalue weighted by molar-refractivity contribution is 5.65. The van der Waals surface area contributed by atoms with Crippen LogP contribution in [0.15, 0.2) is 61.2 Å². The van der Waals surface area contributed by atoms with Crippen molar-refractivity contribution in [2.45, 2.75) is 99.8 Å². The van der Waals surface area contributed by atoms with Gasteiger partial charge in [-0.3, -0.25) is 9.80 Å². The molecule has 4 bridgehead atoms. The molecule has 8 aliphatic rings. The molecule has 8 fully saturated rings. The van der Waals surface area contributed by atoms with Crippen LogP contribution < -0.4 is 20.9 Å². The number of pyridine rings is 2. The van der Waals surface area contributed by atoms with Gasteiger partial charge in [-0.15, -0.1) is 26.3 Å². The second-order valence-electron chi connectivity index (χ2n) is 19.1. The van der Waals surface area contributed by atoms with Crippen LogP contribution in [0.25, 0.3) is 22.5 Å². The third-order valence-electron chi connectivity index (χ3n) is 15.0. The fourth-order valence-electron chi connectivity index (χ4n) is 12.0. The zero-order valence-corrected chi connectivity index (χ0v) is 36.8. The Morgan fingerprint density at radius 1 is 0.735 bits per heavy atom. The van der Waals surface area contributed by atoms with Crippen LogP contribution in [0.2, 0.25) is 0 Å². The molecule has 362 valence electrons. The Morgan fingerprint density at radius 3 is 2.01 bits per heavy atom. The van der Waals surface area contributed by atoms with Crippen LogP contribution in [0.5, 0.6) is 11.5 Å². The largest absolute Gasteiger partial charge is 0.573 e. The number of hydrogen-bond acceptors (Lipinski definition) is 14. The summed E-state index contributed by atoms with van der Waals surface area (Å²) in [6, 6.07) is 10.5. The Bertz CT molecular complexity index is 2680. The SMILES string of the molecule is Nc1ncc(-c2cn([C@H]3CC4(N5CCOC(c6cccc(COCc7nc(-c8cnc(N)c(OC(F)(F)F)c8)cn7C78CC(N9CCOCC9)(C7)C8)c6)C5)CC3C4)c(CO)n2)cc1OC(F)(F)F. The summed E-state index contributed by atoms with van der Waals surface area (Å²) in [5, 5.41) is 10.3. The van der Waals surface area contributed by atoms with Gasteiger partial charge in [-0.05, 0) is 67.7 Å². The molecule has 5 N–H and O–H groups in total. The topological polar surface area (TPSA) is 186 Å². The molecule has 4 aromatic heterocycles. The van der Waals surface area contributed by atoms with E-state index in [4.69, 9.17) is 30.7 Å². The van der Waals surface area contributed by atoms with Gasteiger partial charge in [-0.1, -0.05) is 24.3 Å². The van der Waals surface area contributed by atoms with Crippen LogP contribution >= 0.6 is 0 Å². The highest BCUT2D eigenvalue weighted by Crippen LogP contribution is 2.68. The molecule has 0 amide bonds. The van der Waals surface area contributed by atoms with Gasteiger partial charge in [0.2, 0.25) is 0 Å². The third kappa shape index (κ3) is 8.21. The number of nitrogens with two attached hydrogens (primary N) is 2. The minimum Gasteiger partial charge on any atom is -0.402 e. The lowest BCUT2D eigenvalue weighted by Crippen LogP contribution is -2.79. The Kier molecular flexibility index (Phi) is 11.0. The smallest absolute Gasteiger partial charge is 0.402 e. The normalized spacial score (nSPS) is 28.2. The average Bonchev–Trinajstić information content (AvgIpc) is 4.06. The fraction of sp³-hybridized carbons (Fsp3) is 0.522. The zero-order chi connectivity index (χ0) is 47.2. The first kappa shape index (κ1) is 45.0. The zero-order valence-electron chi connectivity index (χ0n) is 36.8. The number of imidazole rings is 2. The van der Waals surface area contributed by atoms with Crippen LogP contribution in [0, 0.1) is 5.92 Å². The maximum Gasteiger partial charge on any atom is 0.573 e. The molecule has 68 heavy (non-hydrogen) atoms. The van der Waals surface area contributed by atoms with Gasteiger partial charge in [0.25, 0.3) is 0 Å². The van der Waals surface area contributed by atoms with Gasteiger partial charge in [0.05, 0.1) is 49.5 Å². The van der Waals surface area contributed by atoms with Gasteiger partial charge in [0.1, 0.15) is 24.9 Å². The van der Waals surface area contributed by atoms with Crippen molar-refractivity contribution in [2.24, 2.45) is 5.92 Å². The van der Waals surface area contributed by atoms with Crippen molar-refractivity contribution in [3.63, 3.8) is 0 Å². The van der Waals surface area contributed by atoms with E-state index in [9.17, 15) is 31.4 Å². The molecule has 6 saturated carbocycles. The Morgan fingerprint density at radius 2 is 1.37 bits per heavy atom. The molecule has 2 aliphatic heterocycles. The summed E-state index contributed by atoms with van der Waals surface area (Å²) >= 11 is 0. The molecule has 6 heterocycles. The van der Waals surface area contributed by atoms with Crippen molar-refractivity contribution >= 4 is 11.6 Å². The number of fused-ring (bicyclic) bond motifs is 1. The molecule has 2 saturated heterocycles. The van der Waals surface area contributed by atoms with Crippen molar-refractivity contribution < 1.29 is 55.1 Å². The number of aromatic nitrogens is 6. The Balaban J connectivity index is 0.760. The molecule has 22 heteroatoms. The van der Waals surface area contributed by atoms with E-state index in [-0.39, 0.29) is 60.0 Å². The Labute approximate surface area is 386 Å². The Hall–Kier alpha value is -5.52. The molecule has 2 atom stereocenters. The van der Waals surface area contributed by atoms with Crippen LogP contribution in [0.1, 0.15) is 73.4 Å². The summed E-state index contributed by atoms with van der Waals surface area (Å²) in [5.41, 5.74) is 14.6. The molecule has 13 rings (SSSR count). The average molecular weight is 953 g/mol. The first-order chi connectivity index (χ1) is 32.5. The van der Waals surface area contributed by atoms with Crippen LogP contribution in [-0.2, 0) is 39.6 Å². The van der Waals surface area contributed by atoms with E-state index < -0.39 is 30.0 Å². The van der Waals surface area contributed by atoms with Crippen molar-refractivity contribution in [1.29, 1.82) is 0 Å². The second kappa shape index (κ2) is 16.6. The van der Waals surface area contributed by atoms with Gasteiger partial charge in [-0.2, -0.15) is 0 Å². The number of benzene rings is 1. The number of alkyl halides is 6. The van der Waals surface area contributed by atoms with Crippen LogP contribution in [-0.4, -0.2) is 114 Å². The molecular formula is C46H50F6N10O6. The van der Waals surface area contributed by atoms with Crippen molar-refractivity contribution in [2.75, 3.05) is 57.5 Å². The minimum atomic E-state index is -4.95. The van der Waals surface area contributed by atoms with Gasteiger partial charge in [0.15, 0.2) is 23.1 Å².